The van der Waals surface area contributed by atoms with Crippen molar-refractivity contribution in [3.8, 4) is 0 Å². The van der Waals surface area contributed by atoms with Gasteiger partial charge in [-0.15, -0.1) is 0 Å². The number of nitrogens with one attached hydrogen (secondary N) is 1. The fourth-order valence-corrected chi connectivity index (χ4v) is 3.64. The second-order valence-electron chi connectivity index (χ2n) is 7.13. The molecule has 2 aromatic heterocycles. The van der Waals surface area contributed by atoms with Crippen molar-refractivity contribution in [2.45, 2.75) is 26.8 Å². The minimum atomic E-state index is -0.135. The zero-order valence-corrected chi connectivity index (χ0v) is 15.6. The summed E-state index contributed by atoms with van der Waals surface area (Å²) in [6.45, 7) is 5.79. The Hall–Kier alpha value is -2.73. The third-order valence-electron chi connectivity index (χ3n) is 5.10. The molecule has 6 nitrogen and oxygen atoms in total. The van der Waals surface area contributed by atoms with Gasteiger partial charge in [0.2, 0.25) is 0 Å². The number of hydrogen-bond acceptors (Lipinski definition) is 4. The number of nitrogens with zero attached hydrogens (tertiary/aromatic N) is 4. The number of anilines is 1. The summed E-state index contributed by atoms with van der Waals surface area (Å²) in [7, 11) is 3.99. The Morgan fingerprint density at radius 3 is 2.73 bits per heavy atom. The predicted octanol–water partition coefficient (Wildman–Crippen LogP) is 2.83. The number of carbonyl (C=O) groups excluding carboxylic acids is 1. The molecular weight excluding hydrogens is 326 g/mol. The standard InChI is InChI=1S/C20H23N5O/c1-12-18(10-17-13(2)23-25(4)19(17)21-12)20(26)22-16-6-5-14-7-8-24(3)11-15(14)9-16/h5-6,9-10H,7-8,11H2,1-4H3,(H,22,26). The van der Waals surface area contributed by atoms with Crippen LogP contribution in [0.25, 0.3) is 11.0 Å². The van der Waals surface area contributed by atoms with Gasteiger partial charge >= 0.3 is 0 Å². The van der Waals surface area contributed by atoms with E-state index in [4.69, 9.17) is 0 Å². The highest BCUT2D eigenvalue weighted by Crippen LogP contribution is 2.24. The smallest absolute Gasteiger partial charge is 0.257 e. The van der Waals surface area contributed by atoms with Crippen molar-refractivity contribution in [2.75, 3.05) is 18.9 Å². The number of carbonyl (C=O) groups is 1. The summed E-state index contributed by atoms with van der Waals surface area (Å²) in [5, 5.41) is 8.33. The van der Waals surface area contributed by atoms with Crippen LogP contribution < -0.4 is 5.32 Å². The van der Waals surface area contributed by atoms with Crippen LogP contribution in [0.5, 0.6) is 0 Å². The number of hydrogen-bond donors (Lipinski definition) is 1. The van der Waals surface area contributed by atoms with E-state index in [0.29, 0.717) is 11.3 Å². The molecule has 0 unspecified atom stereocenters. The van der Waals surface area contributed by atoms with Gasteiger partial charge in [-0.3, -0.25) is 9.48 Å². The molecule has 3 heterocycles. The van der Waals surface area contributed by atoms with Gasteiger partial charge in [0.15, 0.2) is 5.65 Å². The van der Waals surface area contributed by atoms with Crippen LogP contribution in [0.3, 0.4) is 0 Å². The largest absolute Gasteiger partial charge is 0.322 e. The topological polar surface area (TPSA) is 63.1 Å². The van der Waals surface area contributed by atoms with Gasteiger partial charge in [0.05, 0.1) is 17.0 Å². The van der Waals surface area contributed by atoms with Crippen molar-refractivity contribution in [3.05, 3.63) is 52.3 Å². The summed E-state index contributed by atoms with van der Waals surface area (Å²) in [5.74, 6) is -0.135. The fraction of sp³-hybridized carbons (Fsp3) is 0.350. The second kappa shape index (κ2) is 6.21. The molecule has 1 aliphatic heterocycles. The van der Waals surface area contributed by atoms with E-state index < -0.39 is 0 Å². The number of aryl methyl sites for hydroxylation is 3. The number of amides is 1. The van der Waals surface area contributed by atoms with E-state index in [1.54, 1.807) is 4.68 Å². The highest BCUT2D eigenvalue weighted by molar-refractivity contribution is 6.06. The summed E-state index contributed by atoms with van der Waals surface area (Å²) >= 11 is 0. The van der Waals surface area contributed by atoms with Crippen molar-refractivity contribution in [1.82, 2.24) is 19.7 Å². The molecule has 0 fully saturated rings. The third kappa shape index (κ3) is 2.86. The van der Waals surface area contributed by atoms with Crippen molar-refractivity contribution in [2.24, 2.45) is 7.05 Å². The average molecular weight is 349 g/mol. The summed E-state index contributed by atoms with van der Waals surface area (Å²) in [5.41, 5.74) is 6.44. The van der Waals surface area contributed by atoms with Crippen LogP contribution in [0.1, 0.15) is 32.9 Å². The summed E-state index contributed by atoms with van der Waals surface area (Å²) in [4.78, 5) is 19.7. The van der Waals surface area contributed by atoms with Gasteiger partial charge in [0, 0.05) is 31.2 Å². The minimum absolute atomic E-state index is 0.135. The first kappa shape index (κ1) is 16.7. The number of fused-ring (bicyclic) bond motifs is 2. The molecule has 3 aromatic rings. The van der Waals surface area contributed by atoms with Crippen molar-refractivity contribution >= 4 is 22.6 Å². The Balaban J connectivity index is 1.64. The summed E-state index contributed by atoms with van der Waals surface area (Å²) in [6, 6.07) is 8.08. The van der Waals surface area contributed by atoms with E-state index in [1.807, 2.05) is 33.0 Å². The molecule has 0 bridgehead atoms. The molecule has 0 atom stereocenters. The second-order valence-corrected chi connectivity index (χ2v) is 7.13. The molecule has 6 heteroatoms. The van der Waals surface area contributed by atoms with Crippen molar-refractivity contribution in [3.63, 3.8) is 0 Å². The lowest BCUT2D eigenvalue weighted by Crippen LogP contribution is -2.26. The number of likely N-dealkylation sites (N-methyl/N-ethyl adjacent to an activating group) is 1. The lowest BCUT2D eigenvalue weighted by Gasteiger charge is -2.25. The maximum atomic E-state index is 12.8. The molecule has 1 N–H and O–H groups in total. The predicted molar refractivity (Wildman–Crippen MR) is 102 cm³/mol. The Labute approximate surface area is 152 Å². The number of pyridine rings is 1. The van der Waals surface area contributed by atoms with Gasteiger partial charge in [-0.25, -0.2) is 4.98 Å². The SMILES string of the molecule is Cc1nc2c(cc1C(=O)Nc1ccc3c(c1)CN(C)CC3)c(C)nn2C. The van der Waals surface area contributed by atoms with Crippen LogP contribution in [0, 0.1) is 13.8 Å². The van der Waals surface area contributed by atoms with Gasteiger partial charge in [-0.05, 0) is 56.6 Å². The Morgan fingerprint density at radius 1 is 1.12 bits per heavy atom. The van der Waals surface area contributed by atoms with Gasteiger partial charge < -0.3 is 10.2 Å². The van der Waals surface area contributed by atoms with E-state index in [9.17, 15) is 4.79 Å². The first-order chi connectivity index (χ1) is 12.4. The molecule has 0 radical (unpaired) electrons. The van der Waals surface area contributed by atoms with E-state index in [-0.39, 0.29) is 5.91 Å². The zero-order valence-electron chi connectivity index (χ0n) is 15.6. The average Bonchev–Trinajstić information content (AvgIpc) is 2.87. The van der Waals surface area contributed by atoms with E-state index in [1.165, 1.54) is 11.1 Å². The van der Waals surface area contributed by atoms with Gasteiger partial charge in [-0.1, -0.05) is 6.07 Å². The van der Waals surface area contributed by atoms with Crippen LogP contribution in [0.4, 0.5) is 5.69 Å². The number of aromatic nitrogens is 3. The molecular formula is C20H23N5O. The summed E-state index contributed by atoms with van der Waals surface area (Å²) < 4.78 is 1.75. The quantitative estimate of drug-likeness (QED) is 0.773. The van der Waals surface area contributed by atoms with Crippen molar-refractivity contribution in [1.29, 1.82) is 0 Å². The van der Waals surface area contributed by atoms with Crippen molar-refractivity contribution < 1.29 is 4.79 Å². The molecule has 1 amide bonds. The molecule has 0 saturated carbocycles. The molecule has 1 aromatic carbocycles. The molecule has 134 valence electrons. The molecule has 1 aliphatic rings. The van der Waals surface area contributed by atoms with E-state index in [0.717, 1.165) is 41.9 Å². The minimum Gasteiger partial charge on any atom is -0.322 e. The van der Waals surface area contributed by atoms with Crippen LogP contribution in [0.15, 0.2) is 24.3 Å². The van der Waals surface area contributed by atoms with E-state index in [2.05, 4.69) is 39.5 Å². The van der Waals surface area contributed by atoms with Crippen LogP contribution in [0.2, 0.25) is 0 Å². The van der Waals surface area contributed by atoms with Crippen LogP contribution in [-0.4, -0.2) is 39.2 Å². The van der Waals surface area contributed by atoms with Gasteiger partial charge in [0.25, 0.3) is 5.91 Å². The Kier molecular flexibility index (Phi) is 4.00. The maximum absolute atomic E-state index is 12.8. The Morgan fingerprint density at radius 2 is 1.92 bits per heavy atom. The highest BCUT2D eigenvalue weighted by atomic mass is 16.1. The maximum Gasteiger partial charge on any atom is 0.257 e. The lowest BCUT2D eigenvalue weighted by molar-refractivity contribution is 0.102. The molecule has 26 heavy (non-hydrogen) atoms. The molecule has 0 aliphatic carbocycles. The normalized spacial score (nSPS) is 14.5. The molecule has 0 spiro atoms. The van der Waals surface area contributed by atoms with E-state index >= 15 is 0 Å². The third-order valence-corrected chi connectivity index (χ3v) is 5.10. The van der Waals surface area contributed by atoms with Crippen LogP contribution in [-0.2, 0) is 20.0 Å². The Bertz CT molecular complexity index is 1020. The first-order valence-electron chi connectivity index (χ1n) is 8.85. The van der Waals surface area contributed by atoms with Gasteiger partial charge in [-0.2, -0.15) is 5.10 Å². The number of benzene rings is 1. The zero-order chi connectivity index (χ0) is 18.4. The number of rotatable bonds is 2. The lowest BCUT2D eigenvalue weighted by atomic mass is 9.99. The van der Waals surface area contributed by atoms with Gasteiger partial charge in [0.1, 0.15) is 0 Å². The highest BCUT2D eigenvalue weighted by Gasteiger charge is 2.17. The summed E-state index contributed by atoms with van der Waals surface area (Å²) in [6.07, 6.45) is 1.06. The van der Waals surface area contributed by atoms with Crippen LogP contribution >= 0.6 is 0 Å². The molecule has 4 rings (SSSR count). The molecule has 0 saturated heterocycles. The first-order valence-corrected chi connectivity index (χ1v) is 8.85. The monoisotopic (exact) mass is 349 g/mol. The fourth-order valence-electron chi connectivity index (χ4n) is 3.64.